The highest BCUT2D eigenvalue weighted by Gasteiger charge is 2.18. The molecule has 0 aliphatic heterocycles. The van der Waals surface area contributed by atoms with E-state index in [1.807, 2.05) is 0 Å². The average Bonchev–Trinajstić information content (AvgIpc) is 2.50. The molecule has 0 bridgehead atoms. The maximum atomic E-state index is 5.53. The third-order valence-electron chi connectivity index (χ3n) is 3.65. The van der Waals surface area contributed by atoms with E-state index in [1.165, 1.54) is 5.56 Å². The molecular weight excluding hydrogens is 260 g/mol. The third kappa shape index (κ3) is 7.07. The first kappa shape index (κ1) is 18.1. The molecule has 0 fully saturated rings. The Bertz CT molecular complexity index is 353. The second-order valence-electron chi connectivity index (χ2n) is 5.80. The van der Waals surface area contributed by atoms with E-state index in [1.54, 1.807) is 0 Å². The second-order valence-corrected chi connectivity index (χ2v) is 5.80. The predicted octanol–water partition coefficient (Wildman–Crippen LogP) is 3.33. The summed E-state index contributed by atoms with van der Waals surface area (Å²) in [5.74, 6) is 0.680. The van der Waals surface area contributed by atoms with Crippen LogP contribution in [0.1, 0.15) is 39.3 Å². The minimum atomic E-state index is 0.412. The van der Waals surface area contributed by atoms with E-state index in [9.17, 15) is 0 Å². The molecule has 0 saturated carbocycles. The fraction of sp³-hybridized carbons (Fsp3) is 0.667. The number of ether oxygens (including phenoxy) is 1. The molecule has 3 nitrogen and oxygen atoms in total. The van der Waals surface area contributed by atoms with Gasteiger partial charge in [-0.3, -0.25) is 4.90 Å². The Morgan fingerprint density at radius 2 is 1.81 bits per heavy atom. The third-order valence-corrected chi connectivity index (χ3v) is 3.65. The van der Waals surface area contributed by atoms with Crippen LogP contribution in [0.2, 0.25) is 0 Å². The molecule has 1 aromatic rings. The van der Waals surface area contributed by atoms with E-state index < -0.39 is 0 Å². The molecule has 0 spiro atoms. The Kier molecular flexibility index (Phi) is 9.31. The van der Waals surface area contributed by atoms with Gasteiger partial charge >= 0.3 is 0 Å². The van der Waals surface area contributed by atoms with Crippen LogP contribution in [-0.2, 0) is 4.74 Å². The van der Waals surface area contributed by atoms with Gasteiger partial charge in [0.1, 0.15) is 0 Å². The smallest absolute Gasteiger partial charge is 0.0593 e. The fourth-order valence-corrected chi connectivity index (χ4v) is 2.50. The first-order valence-corrected chi connectivity index (χ1v) is 8.26. The molecule has 1 aromatic carbocycles. The van der Waals surface area contributed by atoms with Gasteiger partial charge in [0.25, 0.3) is 0 Å². The lowest BCUT2D eigenvalue weighted by molar-refractivity contribution is 0.0958. The Balaban J connectivity index is 2.69. The van der Waals surface area contributed by atoms with E-state index in [4.69, 9.17) is 4.74 Å². The molecule has 1 rings (SSSR count). The fourth-order valence-electron chi connectivity index (χ4n) is 2.50. The van der Waals surface area contributed by atoms with Crippen LogP contribution in [-0.4, -0.2) is 44.3 Å². The number of nitrogens with zero attached hydrogens (tertiary/aromatic N) is 1. The number of hydrogen-bond acceptors (Lipinski definition) is 3. The van der Waals surface area contributed by atoms with Crippen molar-refractivity contribution in [3.05, 3.63) is 35.9 Å². The lowest BCUT2D eigenvalue weighted by Gasteiger charge is -2.31. The Morgan fingerprint density at radius 3 is 2.38 bits per heavy atom. The van der Waals surface area contributed by atoms with Crippen molar-refractivity contribution in [1.29, 1.82) is 0 Å². The Morgan fingerprint density at radius 1 is 1.10 bits per heavy atom. The molecule has 0 saturated heterocycles. The van der Waals surface area contributed by atoms with Gasteiger partial charge < -0.3 is 10.1 Å². The van der Waals surface area contributed by atoms with Gasteiger partial charge in [-0.2, -0.15) is 0 Å². The topological polar surface area (TPSA) is 24.5 Å². The monoisotopic (exact) mass is 292 g/mol. The number of hydrogen-bond donors (Lipinski definition) is 1. The van der Waals surface area contributed by atoms with Gasteiger partial charge in [-0.15, -0.1) is 0 Å². The molecule has 0 aliphatic carbocycles. The molecule has 0 aliphatic rings. The number of rotatable bonds is 11. The van der Waals surface area contributed by atoms with Crippen molar-refractivity contribution in [2.45, 2.75) is 33.7 Å². The maximum Gasteiger partial charge on any atom is 0.0593 e. The van der Waals surface area contributed by atoms with E-state index in [0.717, 1.165) is 39.4 Å². The molecule has 1 atom stereocenters. The van der Waals surface area contributed by atoms with Crippen molar-refractivity contribution < 1.29 is 4.74 Å². The minimum Gasteiger partial charge on any atom is -0.380 e. The zero-order valence-corrected chi connectivity index (χ0v) is 14.1. The molecule has 120 valence electrons. The van der Waals surface area contributed by atoms with Crippen LogP contribution < -0.4 is 5.32 Å². The van der Waals surface area contributed by atoms with Crippen LogP contribution in [0.3, 0.4) is 0 Å². The van der Waals surface area contributed by atoms with Crippen molar-refractivity contribution >= 4 is 0 Å². The Labute approximate surface area is 130 Å². The normalized spacial score (nSPS) is 13.0. The van der Waals surface area contributed by atoms with Gasteiger partial charge in [0, 0.05) is 25.7 Å². The summed E-state index contributed by atoms with van der Waals surface area (Å²) in [5, 5.41) is 3.61. The van der Waals surface area contributed by atoms with Gasteiger partial charge in [-0.1, -0.05) is 51.1 Å². The number of likely N-dealkylation sites (N-methyl/N-ethyl adjacent to an activating group) is 1. The quantitative estimate of drug-likeness (QED) is 0.633. The molecule has 0 aromatic heterocycles. The van der Waals surface area contributed by atoms with E-state index >= 15 is 0 Å². The van der Waals surface area contributed by atoms with Crippen LogP contribution in [0.25, 0.3) is 0 Å². The first-order valence-electron chi connectivity index (χ1n) is 8.26. The van der Waals surface area contributed by atoms with Crippen LogP contribution in [0.15, 0.2) is 30.3 Å². The van der Waals surface area contributed by atoms with Crippen LogP contribution in [0.4, 0.5) is 0 Å². The molecule has 0 heterocycles. The van der Waals surface area contributed by atoms with E-state index in [2.05, 4.69) is 68.2 Å². The number of benzene rings is 1. The SMILES string of the molecule is CCOCCN(CC)C(CNCC(C)C)c1ccccc1. The highest BCUT2D eigenvalue weighted by molar-refractivity contribution is 5.19. The minimum absolute atomic E-state index is 0.412. The maximum absolute atomic E-state index is 5.53. The molecule has 3 heteroatoms. The van der Waals surface area contributed by atoms with Crippen molar-refractivity contribution in [2.75, 3.05) is 39.4 Å². The summed E-state index contributed by atoms with van der Waals surface area (Å²) in [6.45, 7) is 14.4. The lowest BCUT2D eigenvalue weighted by atomic mass is 10.0. The largest absolute Gasteiger partial charge is 0.380 e. The van der Waals surface area contributed by atoms with Gasteiger partial charge in [0.2, 0.25) is 0 Å². The van der Waals surface area contributed by atoms with E-state index in [-0.39, 0.29) is 0 Å². The van der Waals surface area contributed by atoms with E-state index in [0.29, 0.717) is 12.0 Å². The zero-order chi connectivity index (χ0) is 15.5. The Hall–Kier alpha value is -0.900. The summed E-state index contributed by atoms with van der Waals surface area (Å²) in [7, 11) is 0. The highest BCUT2D eigenvalue weighted by atomic mass is 16.5. The van der Waals surface area contributed by atoms with Gasteiger partial charge in [0.15, 0.2) is 0 Å². The van der Waals surface area contributed by atoms with Crippen LogP contribution in [0, 0.1) is 5.92 Å². The number of nitrogens with one attached hydrogen (secondary N) is 1. The summed E-state index contributed by atoms with van der Waals surface area (Å²) >= 11 is 0. The molecule has 0 radical (unpaired) electrons. The molecule has 21 heavy (non-hydrogen) atoms. The lowest BCUT2D eigenvalue weighted by Crippen LogP contribution is -2.38. The summed E-state index contributed by atoms with van der Waals surface area (Å²) in [4.78, 5) is 2.50. The van der Waals surface area contributed by atoms with Gasteiger partial charge in [-0.25, -0.2) is 0 Å². The summed E-state index contributed by atoms with van der Waals surface area (Å²) < 4.78 is 5.53. The van der Waals surface area contributed by atoms with Crippen molar-refractivity contribution in [1.82, 2.24) is 10.2 Å². The average molecular weight is 292 g/mol. The van der Waals surface area contributed by atoms with Crippen molar-refractivity contribution in [3.8, 4) is 0 Å². The van der Waals surface area contributed by atoms with Gasteiger partial charge in [-0.05, 0) is 31.5 Å². The summed E-state index contributed by atoms with van der Waals surface area (Å²) in [5.41, 5.74) is 1.38. The molecule has 0 amide bonds. The zero-order valence-electron chi connectivity index (χ0n) is 14.1. The predicted molar refractivity (Wildman–Crippen MR) is 90.6 cm³/mol. The first-order chi connectivity index (χ1) is 10.2. The van der Waals surface area contributed by atoms with Crippen molar-refractivity contribution in [2.24, 2.45) is 5.92 Å². The standard InChI is InChI=1S/C18H32N2O/c1-5-20(12-13-21-6-2)18(15-19-14-16(3)4)17-10-8-7-9-11-17/h7-11,16,18-19H,5-6,12-15H2,1-4H3. The van der Waals surface area contributed by atoms with Crippen LogP contribution in [0.5, 0.6) is 0 Å². The van der Waals surface area contributed by atoms with Crippen molar-refractivity contribution in [3.63, 3.8) is 0 Å². The summed E-state index contributed by atoms with van der Waals surface area (Å²) in [6, 6.07) is 11.2. The summed E-state index contributed by atoms with van der Waals surface area (Å²) in [6.07, 6.45) is 0. The molecule has 1 unspecified atom stereocenters. The molecule has 1 N–H and O–H groups in total. The molecular formula is C18H32N2O. The highest BCUT2D eigenvalue weighted by Crippen LogP contribution is 2.19. The second kappa shape index (κ2) is 10.8. The van der Waals surface area contributed by atoms with Gasteiger partial charge in [0.05, 0.1) is 6.61 Å². The van der Waals surface area contributed by atoms with Crippen LogP contribution >= 0.6 is 0 Å².